The molecule has 0 aromatic carbocycles. The second kappa shape index (κ2) is 5.20. The number of aromatic carboxylic acids is 1. The van der Waals surface area contributed by atoms with Gasteiger partial charge in [0.25, 0.3) is 0 Å². The normalized spacial score (nSPS) is 12.5. The smallest absolute Gasteiger partial charge is 0.337 e. The van der Waals surface area contributed by atoms with Gasteiger partial charge in [0.05, 0.1) is 12.2 Å². The molecule has 0 spiro atoms. The number of pyridine rings is 1. The van der Waals surface area contributed by atoms with Crippen LogP contribution in [0.1, 0.15) is 36.7 Å². The van der Waals surface area contributed by atoms with Crippen molar-refractivity contribution >= 4 is 14.3 Å². The second-order valence-corrected chi connectivity index (χ2v) is 10.7. The van der Waals surface area contributed by atoms with Crippen LogP contribution in [-0.2, 0) is 11.0 Å². The zero-order valence-corrected chi connectivity index (χ0v) is 12.7. The molecule has 100 valence electrons. The maximum Gasteiger partial charge on any atom is 0.337 e. The number of carbonyl (C=O) groups is 1. The molecule has 1 aromatic heterocycles. The highest BCUT2D eigenvalue weighted by atomic mass is 28.4. The molecule has 0 saturated heterocycles. The van der Waals surface area contributed by atoms with Crippen LogP contribution in [0.2, 0.25) is 18.1 Å². The van der Waals surface area contributed by atoms with Gasteiger partial charge in [-0.05, 0) is 29.8 Å². The lowest BCUT2D eigenvalue weighted by molar-refractivity contribution is 0.0693. The lowest BCUT2D eigenvalue weighted by Gasteiger charge is -2.36. The molecule has 0 atom stereocenters. The minimum absolute atomic E-state index is 0.115. The Labute approximate surface area is 109 Å². The van der Waals surface area contributed by atoms with Crippen LogP contribution in [0.3, 0.4) is 0 Å². The van der Waals surface area contributed by atoms with E-state index in [1.807, 2.05) is 0 Å². The van der Waals surface area contributed by atoms with Crippen LogP contribution in [0.4, 0.5) is 0 Å². The van der Waals surface area contributed by atoms with Gasteiger partial charge in [0.15, 0.2) is 8.32 Å². The molecule has 18 heavy (non-hydrogen) atoms. The van der Waals surface area contributed by atoms with Crippen molar-refractivity contribution in [2.45, 2.75) is 45.5 Å². The summed E-state index contributed by atoms with van der Waals surface area (Å²) in [6.45, 7) is 11.1. The SMILES string of the molecule is CC(C)(C)[Si](C)(C)OCc1ccncc1C(=O)O. The monoisotopic (exact) mass is 267 g/mol. The van der Waals surface area contributed by atoms with Crippen molar-refractivity contribution in [1.82, 2.24) is 4.98 Å². The largest absolute Gasteiger partial charge is 0.478 e. The van der Waals surface area contributed by atoms with Crippen molar-refractivity contribution in [3.05, 3.63) is 29.6 Å². The molecule has 0 aliphatic carbocycles. The summed E-state index contributed by atoms with van der Waals surface area (Å²) < 4.78 is 6.02. The molecular formula is C13H21NO3Si. The Morgan fingerprint density at radius 3 is 2.56 bits per heavy atom. The van der Waals surface area contributed by atoms with Crippen LogP contribution in [0, 0.1) is 0 Å². The highest BCUT2D eigenvalue weighted by molar-refractivity contribution is 6.74. The van der Waals surface area contributed by atoms with E-state index in [1.165, 1.54) is 6.20 Å². The fourth-order valence-corrected chi connectivity index (χ4v) is 2.17. The second-order valence-electron chi connectivity index (χ2n) is 5.89. The number of rotatable bonds is 4. The number of nitrogens with zero attached hydrogens (tertiary/aromatic N) is 1. The first-order valence-corrected chi connectivity index (χ1v) is 8.86. The number of aromatic nitrogens is 1. The summed E-state index contributed by atoms with van der Waals surface area (Å²) in [5.41, 5.74) is 0.901. The summed E-state index contributed by atoms with van der Waals surface area (Å²) >= 11 is 0. The van der Waals surface area contributed by atoms with E-state index in [9.17, 15) is 4.79 Å². The van der Waals surface area contributed by atoms with Gasteiger partial charge in [-0.3, -0.25) is 4.98 Å². The maximum atomic E-state index is 11.1. The van der Waals surface area contributed by atoms with Crippen molar-refractivity contribution in [2.75, 3.05) is 0 Å². The Bertz CT molecular complexity index is 438. The van der Waals surface area contributed by atoms with E-state index in [0.29, 0.717) is 12.2 Å². The quantitative estimate of drug-likeness (QED) is 0.850. The summed E-state index contributed by atoms with van der Waals surface area (Å²) in [5.74, 6) is -0.961. The highest BCUT2D eigenvalue weighted by Gasteiger charge is 2.37. The third-order valence-corrected chi connectivity index (χ3v) is 8.01. The summed E-state index contributed by atoms with van der Waals surface area (Å²) in [5, 5.41) is 9.19. The van der Waals surface area contributed by atoms with Crippen LogP contribution in [0.15, 0.2) is 18.5 Å². The van der Waals surface area contributed by atoms with Crippen molar-refractivity contribution in [1.29, 1.82) is 0 Å². The van der Waals surface area contributed by atoms with Crippen molar-refractivity contribution in [3.8, 4) is 0 Å². The first-order chi connectivity index (χ1) is 8.15. The number of carboxylic acid groups (broad SMARTS) is 1. The van der Waals surface area contributed by atoms with E-state index in [1.54, 1.807) is 12.3 Å². The molecule has 5 heteroatoms. The average Bonchev–Trinajstić information content (AvgIpc) is 2.25. The van der Waals surface area contributed by atoms with Crippen LogP contribution in [0.5, 0.6) is 0 Å². The van der Waals surface area contributed by atoms with Gasteiger partial charge in [0, 0.05) is 12.4 Å². The maximum absolute atomic E-state index is 11.1. The van der Waals surface area contributed by atoms with Gasteiger partial charge in [-0.25, -0.2) is 4.79 Å². The van der Waals surface area contributed by atoms with Crippen molar-refractivity contribution in [3.63, 3.8) is 0 Å². The van der Waals surface area contributed by atoms with E-state index >= 15 is 0 Å². The molecule has 0 saturated carbocycles. The molecule has 0 aliphatic heterocycles. The predicted molar refractivity (Wildman–Crippen MR) is 73.2 cm³/mol. The van der Waals surface area contributed by atoms with Gasteiger partial charge < -0.3 is 9.53 Å². The summed E-state index contributed by atoms with van der Waals surface area (Å²) in [6, 6.07) is 1.70. The fourth-order valence-electron chi connectivity index (χ4n) is 1.22. The third-order valence-electron chi connectivity index (χ3n) is 3.54. The molecule has 0 bridgehead atoms. The number of carboxylic acids is 1. The molecule has 0 amide bonds. The van der Waals surface area contributed by atoms with Crippen LogP contribution in [-0.4, -0.2) is 24.4 Å². The molecule has 1 rings (SSSR count). The minimum atomic E-state index is -1.86. The summed E-state index contributed by atoms with van der Waals surface area (Å²) in [4.78, 5) is 14.9. The fraction of sp³-hybridized carbons (Fsp3) is 0.538. The third kappa shape index (κ3) is 3.40. The number of hydrogen-bond donors (Lipinski definition) is 1. The van der Waals surface area contributed by atoms with E-state index in [2.05, 4.69) is 38.8 Å². The Morgan fingerprint density at radius 1 is 1.44 bits per heavy atom. The van der Waals surface area contributed by atoms with Gasteiger partial charge >= 0.3 is 5.97 Å². The average molecular weight is 267 g/mol. The molecule has 0 aliphatic rings. The van der Waals surface area contributed by atoms with Crippen LogP contribution < -0.4 is 0 Å². The van der Waals surface area contributed by atoms with Gasteiger partial charge in [0.1, 0.15) is 0 Å². The standard InChI is InChI=1S/C13H21NO3Si/c1-13(2,3)18(4,5)17-9-10-6-7-14-8-11(10)12(15)16/h6-8H,9H2,1-5H3,(H,15,16). The van der Waals surface area contributed by atoms with Gasteiger partial charge in [-0.2, -0.15) is 0 Å². The molecule has 0 radical (unpaired) electrons. The molecule has 1 aromatic rings. The van der Waals surface area contributed by atoms with E-state index in [4.69, 9.17) is 9.53 Å². The topological polar surface area (TPSA) is 59.4 Å². The van der Waals surface area contributed by atoms with Gasteiger partial charge in [-0.1, -0.05) is 20.8 Å². The Balaban J connectivity index is 2.85. The summed E-state index contributed by atoms with van der Waals surface area (Å²) in [7, 11) is -1.86. The zero-order valence-electron chi connectivity index (χ0n) is 11.7. The Hall–Kier alpha value is -1.20. The van der Waals surface area contributed by atoms with Crippen LogP contribution in [0.25, 0.3) is 0 Å². The molecule has 1 N–H and O–H groups in total. The molecule has 4 nitrogen and oxygen atoms in total. The Morgan fingerprint density at radius 2 is 2.06 bits per heavy atom. The first kappa shape index (κ1) is 14.9. The van der Waals surface area contributed by atoms with Gasteiger partial charge in [-0.15, -0.1) is 0 Å². The summed E-state index contributed by atoms with van der Waals surface area (Å²) in [6.07, 6.45) is 2.96. The predicted octanol–water partition coefficient (Wildman–Crippen LogP) is 3.30. The highest BCUT2D eigenvalue weighted by Crippen LogP contribution is 2.37. The molecule has 0 fully saturated rings. The molecule has 1 heterocycles. The minimum Gasteiger partial charge on any atom is -0.478 e. The van der Waals surface area contributed by atoms with E-state index in [0.717, 1.165) is 0 Å². The molecular weight excluding hydrogens is 246 g/mol. The lowest BCUT2D eigenvalue weighted by Crippen LogP contribution is -2.40. The first-order valence-electron chi connectivity index (χ1n) is 5.95. The van der Waals surface area contributed by atoms with Crippen molar-refractivity contribution < 1.29 is 14.3 Å². The van der Waals surface area contributed by atoms with E-state index in [-0.39, 0.29) is 10.6 Å². The molecule has 0 unspecified atom stereocenters. The van der Waals surface area contributed by atoms with Gasteiger partial charge in [0.2, 0.25) is 0 Å². The Kier molecular flexibility index (Phi) is 4.29. The zero-order chi connectivity index (χ0) is 14.0. The van der Waals surface area contributed by atoms with E-state index < -0.39 is 14.3 Å². The van der Waals surface area contributed by atoms with Crippen LogP contribution >= 0.6 is 0 Å². The lowest BCUT2D eigenvalue weighted by atomic mass is 10.1. The van der Waals surface area contributed by atoms with Crippen molar-refractivity contribution in [2.24, 2.45) is 0 Å². The number of hydrogen-bond acceptors (Lipinski definition) is 3.